The summed E-state index contributed by atoms with van der Waals surface area (Å²) in [6.45, 7) is 11.5. The lowest BCUT2D eigenvalue weighted by Crippen LogP contribution is -2.56. The van der Waals surface area contributed by atoms with Crippen LogP contribution in [0.4, 0.5) is 0 Å². The Bertz CT molecular complexity index is 864. The number of fused-ring (bicyclic) bond motifs is 1. The Kier molecular flexibility index (Phi) is 8.99. The molecule has 2 aliphatic heterocycles. The smallest absolute Gasteiger partial charge is 0.193 e. The van der Waals surface area contributed by atoms with E-state index < -0.39 is 0 Å². The molecule has 2 fully saturated rings. The van der Waals surface area contributed by atoms with Gasteiger partial charge in [0.05, 0.1) is 5.69 Å². The van der Waals surface area contributed by atoms with Crippen molar-refractivity contribution in [2.24, 2.45) is 10.9 Å². The van der Waals surface area contributed by atoms with E-state index in [1.54, 1.807) is 0 Å². The molecular formula is C25H38IN5O. The van der Waals surface area contributed by atoms with Gasteiger partial charge in [0, 0.05) is 50.7 Å². The molecule has 2 aliphatic rings. The maximum Gasteiger partial charge on any atom is 0.193 e. The van der Waals surface area contributed by atoms with Gasteiger partial charge in [0.1, 0.15) is 5.76 Å². The molecule has 4 rings (SSSR count). The van der Waals surface area contributed by atoms with Crippen LogP contribution in [-0.2, 0) is 6.54 Å². The van der Waals surface area contributed by atoms with Crippen molar-refractivity contribution < 1.29 is 4.52 Å². The number of aromatic nitrogens is 1. The molecule has 3 atom stereocenters. The molecule has 32 heavy (non-hydrogen) atoms. The van der Waals surface area contributed by atoms with Gasteiger partial charge in [0.15, 0.2) is 5.96 Å². The fraction of sp³-hybridized carbons (Fsp3) is 0.600. The van der Waals surface area contributed by atoms with Crippen LogP contribution in [-0.4, -0.2) is 60.2 Å². The highest BCUT2D eigenvalue weighted by atomic mass is 127. The van der Waals surface area contributed by atoms with E-state index in [2.05, 4.69) is 62.5 Å². The Balaban J connectivity index is 0.00000289. The fourth-order valence-electron chi connectivity index (χ4n) is 5.59. The number of rotatable bonds is 5. The van der Waals surface area contributed by atoms with E-state index in [0.717, 1.165) is 43.6 Å². The second-order valence-corrected chi connectivity index (χ2v) is 9.23. The van der Waals surface area contributed by atoms with Gasteiger partial charge >= 0.3 is 0 Å². The first-order valence-electron chi connectivity index (χ1n) is 11.7. The maximum absolute atomic E-state index is 5.35. The molecule has 1 N–H and O–H groups in total. The Morgan fingerprint density at radius 1 is 1.22 bits per heavy atom. The zero-order valence-electron chi connectivity index (χ0n) is 19.9. The minimum Gasteiger partial charge on any atom is -0.361 e. The zero-order valence-corrected chi connectivity index (χ0v) is 22.2. The molecule has 3 unspecified atom stereocenters. The van der Waals surface area contributed by atoms with E-state index in [1.807, 2.05) is 20.9 Å². The van der Waals surface area contributed by atoms with Crippen molar-refractivity contribution in [3.05, 3.63) is 52.9 Å². The summed E-state index contributed by atoms with van der Waals surface area (Å²) in [6, 6.07) is 11.6. The molecule has 0 spiro atoms. The molecular weight excluding hydrogens is 513 g/mol. The molecule has 176 valence electrons. The van der Waals surface area contributed by atoms with Crippen LogP contribution < -0.4 is 5.32 Å². The molecule has 0 radical (unpaired) electrons. The van der Waals surface area contributed by atoms with Gasteiger partial charge in [-0.05, 0) is 51.1 Å². The lowest BCUT2D eigenvalue weighted by Gasteiger charge is -2.48. The van der Waals surface area contributed by atoms with Gasteiger partial charge in [-0.2, -0.15) is 0 Å². The topological polar surface area (TPSA) is 56.9 Å². The van der Waals surface area contributed by atoms with E-state index in [0.29, 0.717) is 17.9 Å². The van der Waals surface area contributed by atoms with Crippen molar-refractivity contribution in [2.45, 2.75) is 58.5 Å². The predicted octanol–water partition coefficient (Wildman–Crippen LogP) is 4.57. The van der Waals surface area contributed by atoms with E-state index in [9.17, 15) is 0 Å². The van der Waals surface area contributed by atoms with Gasteiger partial charge in [-0.3, -0.25) is 9.89 Å². The third-order valence-corrected chi connectivity index (χ3v) is 7.07. The number of halogens is 1. The second-order valence-electron chi connectivity index (χ2n) is 9.23. The number of nitrogens with one attached hydrogen (secondary N) is 1. The Hall–Kier alpha value is -1.61. The summed E-state index contributed by atoms with van der Waals surface area (Å²) < 4.78 is 5.35. The Labute approximate surface area is 209 Å². The van der Waals surface area contributed by atoms with Crippen LogP contribution in [0.2, 0.25) is 0 Å². The average molecular weight is 552 g/mol. The van der Waals surface area contributed by atoms with Gasteiger partial charge in [0.2, 0.25) is 0 Å². The first kappa shape index (κ1) is 25.0. The molecule has 0 aliphatic carbocycles. The van der Waals surface area contributed by atoms with Crippen LogP contribution in [0.3, 0.4) is 0 Å². The van der Waals surface area contributed by atoms with E-state index >= 15 is 0 Å². The highest BCUT2D eigenvalue weighted by molar-refractivity contribution is 14.0. The first-order valence-corrected chi connectivity index (χ1v) is 11.7. The molecule has 2 aromatic rings. The standard InChI is InChI=1S/C25H37N5O.HI/c1-18(24-19(2)28-31-20(24)3)15-27-25(26-4)30-14-12-23-22(17-30)11-8-13-29(23)16-21-9-6-5-7-10-21;/h5-7,9-10,18,22-23H,8,11-17H2,1-4H3,(H,26,27);1H. The lowest BCUT2D eigenvalue weighted by molar-refractivity contribution is 0.0372. The third kappa shape index (κ3) is 5.65. The quantitative estimate of drug-likeness (QED) is 0.335. The van der Waals surface area contributed by atoms with E-state index in [4.69, 9.17) is 4.52 Å². The Morgan fingerprint density at radius 3 is 2.69 bits per heavy atom. The van der Waals surface area contributed by atoms with Crippen molar-refractivity contribution in [3.8, 4) is 0 Å². The number of nitrogens with zero attached hydrogens (tertiary/aromatic N) is 4. The summed E-state index contributed by atoms with van der Waals surface area (Å²) in [5, 5.41) is 7.73. The monoisotopic (exact) mass is 551 g/mol. The van der Waals surface area contributed by atoms with Crippen LogP contribution in [0.1, 0.15) is 54.7 Å². The van der Waals surface area contributed by atoms with Gasteiger partial charge < -0.3 is 14.7 Å². The Morgan fingerprint density at radius 2 is 2.00 bits per heavy atom. The SMILES string of the molecule is CN=C(NCC(C)c1c(C)noc1C)N1CCC2C(CCCN2Cc2ccccc2)C1.I. The number of aryl methyl sites for hydroxylation is 2. The van der Waals surface area contributed by atoms with Crippen LogP contribution in [0.25, 0.3) is 0 Å². The molecule has 3 heterocycles. The van der Waals surface area contributed by atoms with Gasteiger partial charge in [-0.25, -0.2) is 0 Å². The molecule has 2 saturated heterocycles. The summed E-state index contributed by atoms with van der Waals surface area (Å²) in [6.07, 6.45) is 3.81. The summed E-state index contributed by atoms with van der Waals surface area (Å²) >= 11 is 0. The third-order valence-electron chi connectivity index (χ3n) is 7.07. The number of likely N-dealkylation sites (tertiary alicyclic amines) is 2. The van der Waals surface area contributed by atoms with Crippen LogP contribution in [0.5, 0.6) is 0 Å². The van der Waals surface area contributed by atoms with E-state index in [1.165, 1.54) is 36.9 Å². The lowest BCUT2D eigenvalue weighted by atomic mass is 9.83. The van der Waals surface area contributed by atoms with Crippen LogP contribution in [0, 0.1) is 19.8 Å². The summed E-state index contributed by atoms with van der Waals surface area (Å²) in [4.78, 5) is 9.80. The number of benzene rings is 1. The number of guanidine groups is 1. The minimum atomic E-state index is 0. The molecule has 7 heteroatoms. The van der Waals surface area contributed by atoms with Crippen molar-refractivity contribution in [2.75, 3.05) is 33.2 Å². The number of piperidine rings is 2. The number of hydrogen-bond acceptors (Lipinski definition) is 4. The summed E-state index contributed by atoms with van der Waals surface area (Å²) in [5.41, 5.74) is 3.63. The summed E-state index contributed by atoms with van der Waals surface area (Å²) in [5.74, 6) is 2.99. The molecule has 1 aromatic heterocycles. The molecule has 0 saturated carbocycles. The molecule has 6 nitrogen and oxygen atoms in total. The summed E-state index contributed by atoms with van der Waals surface area (Å²) in [7, 11) is 1.90. The zero-order chi connectivity index (χ0) is 21.8. The number of hydrogen-bond donors (Lipinski definition) is 1. The molecule has 1 aromatic carbocycles. The van der Waals surface area contributed by atoms with Crippen LogP contribution in [0.15, 0.2) is 39.8 Å². The average Bonchev–Trinajstić information content (AvgIpc) is 3.13. The molecule has 0 amide bonds. The van der Waals surface area contributed by atoms with Gasteiger partial charge in [0.25, 0.3) is 0 Å². The molecule has 0 bridgehead atoms. The fourth-order valence-corrected chi connectivity index (χ4v) is 5.59. The largest absolute Gasteiger partial charge is 0.361 e. The second kappa shape index (κ2) is 11.5. The highest BCUT2D eigenvalue weighted by Crippen LogP contribution is 2.32. The highest BCUT2D eigenvalue weighted by Gasteiger charge is 2.36. The first-order chi connectivity index (χ1) is 15.1. The van der Waals surface area contributed by atoms with Crippen molar-refractivity contribution in [3.63, 3.8) is 0 Å². The minimum absolute atomic E-state index is 0. The van der Waals surface area contributed by atoms with Crippen molar-refractivity contribution in [1.82, 2.24) is 20.3 Å². The predicted molar refractivity (Wildman–Crippen MR) is 141 cm³/mol. The van der Waals surface area contributed by atoms with E-state index in [-0.39, 0.29) is 24.0 Å². The number of aliphatic imine (C=N–C) groups is 1. The van der Waals surface area contributed by atoms with Gasteiger partial charge in [-0.15, -0.1) is 24.0 Å². The normalized spacial score (nSPS) is 22.8. The maximum atomic E-state index is 5.35. The van der Waals surface area contributed by atoms with Gasteiger partial charge in [-0.1, -0.05) is 42.4 Å². The van der Waals surface area contributed by atoms with Crippen molar-refractivity contribution in [1.29, 1.82) is 0 Å². The van der Waals surface area contributed by atoms with Crippen molar-refractivity contribution >= 4 is 29.9 Å². The van der Waals surface area contributed by atoms with Crippen LogP contribution >= 0.6 is 24.0 Å².